The van der Waals surface area contributed by atoms with Gasteiger partial charge in [0.2, 0.25) is 0 Å². The zero-order valence-electron chi connectivity index (χ0n) is 17.6. The molecule has 7 nitrogen and oxygen atoms in total. The summed E-state index contributed by atoms with van der Waals surface area (Å²) in [5, 5.41) is 2.74. The van der Waals surface area contributed by atoms with E-state index in [9.17, 15) is 14.4 Å². The molecule has 0 saturated heterocycles. The lowest BCUT2D eigenvalue weighted by Crippen LogP contribution is -2.32. The molecule has 0 spiro atoms. The van der Waals surface area contributed by atoms with E-state index in [-0.39, 0.29) is 24.7 Å². The molecule has 0 unspecified atom stereocenters. The highest BCUT2D eigenvalue weighted by Gasteiger charge is 2.15. The first-order valence-corrected chi connectivity index (χ1v) is 10.0. The highest BCUT2D eigenvalue weighted by Crippen LogP contribution is 2.15. The van der Waals surface area contributed by atoms with Crippen molar-refractivity contribution in [2.45, 2.75) is 32.7 Å². The number of nitrogens with one attached hydrogen (secondary N) is 1. The van der Waals surface area contributed by atoms with Crippen molar-refractivity contribution in [3.63, 3.8) is 0 Å². The first-order valence-electron chi connectivity index (χ1n) is 10.0. The van der Waals surface area contributed by atoms with E-state index in [0.717, 1.165) is 11.1 Å². The van der Waals surface area contributed by atoms with Gasteiger partial charge in [-0.05, 0) is 35.6 Å². The van der Waals surface area contributed by atoms with Crippen LogP contribution >= 0.6 is 0 Å². The third-order valence-electron chi connectivity index (χ3n) is 5.09. The van der Waals surface area contributed by atoms with Crippen LogP contribution in [0.1, 0.15) is 30.9 Å². The second-order valence-electron chi connectivity index (χ2n) is 7.57. The number of aromatic nitrogens is 2. The number of benzene rings is 2. The Labute approximate surface area is 175 Å². The number of hydrogen-bond acceptors (Lipinski definition) is 4. The van der Waals surface area contributed by atoms with Crippen molar-refractivity contribution < 1.29 is 14.3 Å². The lowest BCUT2D eigenvalue weighted by Gasteiger charge is -2.09. The molecule has 0 fully saturated rings. The molecule has 7 heteroatoms. The predicted octanol–water partition coefficient (Wildman–Crippen LogP) is 2.37. The first kappa shape index (κ1) is 21.4. The van der Waals surface area contributed by atoms with E-state index >= 15 is 0 Å². The van der Waals surface area contributed by atoms with Crippen LogP contribution in [0.15, 0.2) is 53.3 Å². The minimum atomic E-state index is -0.632. The fourth-order valence-corrected chi connectivity index (χ4v) is 3.30. The molecule has 3 rings (SSSR count). The SMILES string of the molecule is CC(C)c1ccc(CCNC(=O)COC(=O)Cn2c(=O)n(C)c3ccccc32)cc1. The van der Waals surface area contributed by atoms with Crippen molar-refractivity contribution in [2.24, 2.45) is 7.05 Å². The summed E-state index contributed by atoms with van der Waals surface area (Å²) < 4.78 is 7.86. The number of amides is 1. The van der Waals surface area contributed by atoms with Crippen LogP contribution in [0.3, 0.4) is 0 Å². The molecule has 0 aliphatic rings. The van der Waals surface area contributed by atoms with Gasteiger partial charge >= 0.3 is 11.7 Å². The van der Waals surface area contributed by atoms with Crippen LogP contribution in [0.2, 0.25) is 0 Å². The van der Waals surface area contributed by atoms with Gasteiger partial charge in [-0.1, -0.05) is 50.2 Å². The highest BCUT2D eigenvalue weighted by molar-refractivity contribution is 5.82. The van der Waals surface area contributed by atoms with E-state index in [4.69, 9.17) is 4.74 Å². The Morgan fingerprint density at radius 2 is 1.70 bits per heavy atom. The Morgan fingerprint density at radius 3 is 2.37 bits per heavy atom. The maximum Gasteiger partial charge on any atom is 0.329 e. The van der Waals surface area contributed by atoms with Crippen molar-refractivity contribution in [1.29, 1.82) is 0 Å². The summed E-state index contributed by atoms with van der Waals surface area (Å²) >= 11 is 0. The zero-order valence-corrected chi connectivity index (χ0v) is 17.6. The van der Waals surface area contributed by atoms with Crippen molar-refractivity contribution >= 4 is 22.9 Å². The number of rotatable bonds is 8. The summed E-state index contributed by atoms with van der Waals surface area (Å²) in [4.78, 5) is 36.4. The Morgan fingerprint density at radius 1 is 1.03 bits per heavy atom. The van der Waals surface area contributed by atoms with Gasteiger partial charge < -0.3 is 10.1 Å². The molecule has 1 amide bonds. The van der Waals surface area contributed by atoms with Gasteiger partial charge in [0.25, 0.3) is 5.91 Å². The molecule has 3 aromatic rings. The first-order chi connectivity index (χ1) is 14.4. The van der Waals surface area contributed by atoms with Gasteiger partial charge in [-0.15, -0.1) is 0 Å². The van der Waals surface area contributed by atoms with E-state index in [1.807, 2.05) is 12.1 Å². The average Bonchev–Trinajstić information content (AvgIpc) is 2.98. The fraction of sp³-hybridized carbons (Fsp3) is 0.348. The minimum Gasteiger partial charge on any atom is -0.454 e. The molecule has 0 aliphatic carbocycles. The molecule has 30 heavy (non-hydrogen) atoms. The molecule has 2 aromatic carbocycles. The Kier molecular flexibility index (Phi) is 6.72. The second kappa shape index (κ2) is 9.43. The highest BCUT2D eigenvalue weighted by atomic mass is 16.5. The summed E-state index contributed by atoms with van der Waals surface area (Å²) in [5.74, 6) is -0.515. The summed E-state index contributed by atoms with van der Waals surface area (Å²) in [5.41, 5.74) is 3.48. The van der Waals surface area contributed by atoms with E-state index in [2.05, 4.69) is 43.4 Å². The summed E-state index contributed by atoms with van der Waals surface area (Å²) in [6.45, 7) is 4.14. The van der Waals surface area contributed by atoms with Crippen LogP contribution < -0.4 is 11.0 Å². The maximum atomic E-state index is 12.3. The van der Waals surface area contributed by atoms with Gasteiger partial charge in [-0.25, -0.2) is 4.79 Å². The summed E-state index contributed by atoms with van der Waals surface area (Å²) in [6, 6.07) is 15.5. The minimum absolute atomic E-state index is 0.240. The number of imidazole rings is 1. The van der Waals surface area contributed by atoms with Crippen molar-refractivity contribution in [3.05, 3.63) is 70.1 Å². The van der Waals surface area contributed by atoms with Gasteiger partial charge in [0.05, 0.1) is 11.0 Å². The van der Waals surface area contributed by atoms with Gasteiger partial charge in [0.1, 0.15) is 6.54 Å². The summed E-state index contributed by atoms with van der Waals surface area (Å²) in [7, 11) is 1.65. The Hall–Kier alpha value is -3.35. The van der Waals surface area contributed by atoms with Crippen molar-refractivity contribution in [2.75, 3.05) is 13.2 Å². The number of esters is 1. The third kappa shape index (κ3) is 4.97. The topological polar surface area (TPSA) is 82.3 Å². The normalized spacial score (nSPS) is 11.1. The number of aryl methyl sites for hydroxylation is 1. The molecule has 0 atom stereocenters. The molecule has 0 aliphatic heterocycles. The van der Waals surface area contributed by atoms with Crippen LogP contribution in [-0.4, -0.2) is 34.2 Å². The molecular formula is C23H27N3O4. The molecular weight excluding hydrogens is 382 g/mol. The quantitative estimate of drug-likeness (QED) is 0.579. The predicted molar refractivity (Wildman–Crippen MR) is 115 cm³/mol. The molecule has 1 heterocycles. The van der Waals surface area contributed by atoms with Crippen LogP contribution in [0.25, 0.3) is 11.0 Å². The number of fused-ring (bicyclic) bond motifs is 1. The van der Waals surface area contributed by atoms with Crippen LogP contribution in [0.5, 0.6) is 0 Å². The van der Waals surface area contributed by atoms with Gasteiger partial charge in [0, 0.05) is 13.6 Å². The lowest BCUT2D eigenvalue weighted by molar-refractivity contribution is -0.149. The monoisotopic (exact) mass is 409 g/mol. The van der Waals surface area contributed by atoms with Crippen LogP contribution in [0.4, 0.5) is 0 Å². The molecule has 0 saturated carbocycles. The number of carbonyl (C=O) groups excluding carboxylic acids is 2. The maximum absolute atomic E-state index is 12.3. The van der Waals surface area contributed by atoms with Gasteiger partial charge in [-0.3, -0.25) is 18.7 Å². The smallest absolute Gasteiger partial charge is 0.329 e. The van der Waals surface area contributed by atoms with Gasteiger partial charge in [0.15, 0.2) is 6.61 Å². The summed E-state index contributed by atoms with van der Waals surface area (Å²) in [6.07, 6.45) is 0.698. The lowest BCUT2D eigenvalue weighted by atomic mass is 10.0. The number of nitrogens with zero attached hydrogens (tertiary/aromatic N) is 2. The Bertz CT molecular complexity index is 1090. The van der Waals surface area contributed by atoms with Crippen molar-refractivity contribution in [1.82, 2.24) is 14.5 Å². The van der Waals surface area contributed by atoms with E-state index in [0.29, 0.717) is 24.4 Å². The van der Waals surface area contributed by atoms with E-state index < -0.39 is 5.97 Å². The third-order valence-corrected chi connectivity index (χ3v) is 5.09. The Balaban J connectivity index is 1.45. The molecule has 1 N–H and O–H groups in total. The number of carbonyl (C=O) groups is 2. The number of para-hydroxylation sites is 2. The number of ether oxygens (including phenoxy) is 1. The standard InChI is InChI=1S/C23H27N3O4/c1-16(2)18-10-8-17(9-11-18)12-13-24-21(27)15-30-22(28)14-26-20-7-5-4-6-19(20)25(3)23(26)29/h4-11,16H,12-15H2,1-3H3,(H,24,27). The van der Waals surface area contributed by atoms with Crippen LogP contribution in [0, 0.1) is 0 Å². The second-order valence-corrected chi connectivity index (χ2v) is 7.57. The van der Waals surface area contributed by atoms with E-state index in [1.165, 1.54) is 14.7 Å². The van der Waals surface area contributed by atoms with E-state index in [1.54, 1.807) is 19.2 Å². The largest absolute Gasteiger partial charge is 0.454 e. The van der Waals surface area contributed by atoms with Crippen LogP contribution in [-0.2, 0) is 34.3 Å². The molecule has 1 aromatic heterocycles. The molecule has 0 radical (unpaired) electrons. The molecule has 0 bridgehead atoms. The average molecular weight is 409 g/mol. The fourth-order valence-electron chi connectivity index (χ4n) is 3.30. The zero-order chi connectivity index (χ0) is 21.7. The van der Waals surface area contributed by atoms with Gasteiger partial charge in [-0.2, -0.15) is 0 Å². The molecule has 158 valence electrons. The van der Waals surface area contributed by atoms with Crippen molar-refractivity contribution in [3.8, 4) is 0 Å². The number of hydrogen-bond donors (Lipinski definition) is 1.